The number of rotatable bonds is 1. The molecule has 0 unspecified atom stereocenters. The standard InChI is InChI=1S/C6H9ClN2O/c1-4(2)9-6(10)5(7)3-8-9/h3-4,10H,1-2H3. The van der Waals surface area contributed by atoms with Gasteiger partial charge in [0.05, 0.1) is 12.2 Å². The molecule has 1 N–H and O–H groups in total. The molecule has 0 bridgehead atoms. The molecule has 0 atom stereocenters. The van der Waals surface area contributed by atoms with E-state index in [1.54, 1.807) is 0 Å². The molecule has 4 heteroatoms. The summed E-state index contributed by atoms with van der Waals surface area (Å²) < 4.78 is 1.46. The van der Waals surface area contributed by atoms with Crippen LogP contribution in [0.3, 0.4) is 0 Å². The van der Waals surface area contributed by atoms with E-state index >= 15 is 0 Å². The summed E-state index contributed by atoms with van der Waals surface area (Å²) in [6.45, 7) is 3.84. The summed E-state index contributed by atoms with van der Waals surface area (Å²) in [7, 11) is 0. The maximum Gasteiger partial charge on any atom is 0.228 e. The normalized spacial score (nSPS) is 10.8. The molecule has 0 amide bonds. The molecule has 10 heavy (non-hydrogen) atoms. The van der Waals surface area contributed by atoms with E-state index in [-0.39, 0.29) is 11.9 Å². The van der Waals surface area contributed by atoms with Gasteiger partial charge >= 0.3 is 0 Å². The quantitative estimate of drug-likeness (QED) is 0.681. The molecule has 0 aliphatic rings. The third kappa shape index (κ3) is 1.09. The van der Waals surface area contributed by atoms with Crippen LogP contribution in [-0.2, 0) is 0 Å². The molecule has 0 fully saturated rings. The van der Waals surface area contributed by atoms with Crippen molar-refractivity contribution < 1.29 is 5.11 Å². The number of aromatic hydroxyl groups is 1. The highest BCUT2D eigenvalue weighted by Crippen LogP contribution is 2.24. The minimum absolute atomic E-state index is 0.0386. The molecule has 1 aromatic rings. The summed E-state index contributed by atoms with van der Waals surface area (Å²) in [6.07, 6.45) is 1.43. The van der Waals surface area contributed by atoms with Gasteiger partial charge in [0.15, 0.2) is 0 Å². The Bertz CT molecular complexity index is 232. The van der Waals surface area contributed by atoms with E-state index in [0.29, 0.717) is 5.02 Å². The zero-order chi connectivity index (χ0) is 7.72. The molecule has 0 aliphatic heterocycles. The van der Waals surface area contributed by atoms with E-state index in [1.165, 1.54) is 10.9 Å². The Morgan fingerprint density at radius 3 is 2.50 bits per heavy atom. The molecule has 0 radical (unpaired) electrons. The van der Waals surface area contributed by atoms with E-state index in [4.69, 9.17) is 11.6 Å². The highest BCUT2D eigenvalue weighted by molar-refractivity contribution is 6.31. The van der Waals surface area contributed by atoms with E-state index in [9.17, 15) is 5.11 Å². The predicted molar refractivity (Wildman–Crippen MR) is 39.3 cm³/mol. The lowest BCUT2D eigenvalue weighted by molar-refractivity contribution is 0.377. The molecule has 3 nitrogen and oxygen atoms in total. The number of nitrogens with zero attached hydrogens (tertiary/aromatic N) is 2. The highest BCUT2D eigenvalue weighted by Gasteiger charge is 2.08. The van der Waals surface area contributed by atoms with Crippen molar-refractivity contribution in [2.45, 2.75) is 19.9 Å². The van der Waals surface area contributed by atoms with Crippen molar-refractivity contribution in [2.75, 3.05) is 0 Å². The Hall–Kier alpha value is -0.700. The number of aromatic nitrogens is 2. The average molecular weight is 161 g/mol. The summed E-state index contributed by atoms with van der Waals surface area (Å²) in [4.78, 5) is 0. The smallest absolute Gasteiger partial charge is 0.228 e. The second-order valence-corrected chi connectivity index (χ2v) is 2.76. The van der Waals surface area contributed by atoms with Gasteiger partial charge in [-0.2, -0.15) is 5.10 Å². The summed E-state index contributed by atoms with van der Waals surface area (Å²) in [5, 5.41) is 13.3. The maximum atomic E-state index is 9.18. The van der Waals surface area contributed by atoms with Crippen LogP contribution in [0.4, 0.5) is 0 Å². The second-order valence-electron chi connectivity index (χ2n) is 2.35. The topological polar surface area (TPSA) is 38.0 Å². The van der Waals surface area contributed by atoms with E-state index in [0.717, 1.165) is 0 Å². The molecule has 0 spiro atoms. The third-order valence-corrected chi connectivity index (χ3v) is 1.48. The van der Waals surface area contributed by atoms with Gasteiger partial charge in [0.2, 0.25) is 5.88 Å². The molecular formula is C6H9ClN2O. The van der Waals surface area contributed by atoms with Crippen LogP contribution in [0.15, 0.2) is 6.20 Å². The van der Waals surface area contributed by atoms with Gasteiger partial charge < -0.3 is 5.11 Å². The summed E-state index contributed by atoms with van der Waals surface area (Å²) >= 11 is 5.54. The van der Waals surface area contributed by atoms with E-state index in [1.807, 2.05) is 13.8 Å². The summed E-state index contributed by atoms with van der Waals surface area (Å²) in [5.74, 6) is 0.0386. The average Bonchev–Trinajstić information content (AvgIpc) is 2.14. The first kappa shape index (κ1) is 7.41. The minimum Gasteiger partial charge on any atom is -0.492 e. The summed E-state index contributed by atoms with van der Waals surface area (Å²) in [6, 6.07) is 0.146. The van der Waals surface area contributed by atoms with Gasteiger partial charge in [-0.25, -0.2) is 4.68 Å². The number of hydrogen-bond donors (Lipinski definition) is 1. The molecule has 0 aliphatic carbocycles. The van der Waals surface area contributed by atoms with Crippen LogP contribution in [0.5, 0.6) is 5.88 Å². The Labute approximate surface area is 64.2 Å². The predicted octanol–water partition coefficient (Wildman–Crippen LogP) is 1.82. The van der Waals surface area contributed by atoms with Crippen molar-refractivity contribution in [1.82, 2.24) is 9.78 Å². The number of hydrogen-bond acceptors (Lipinski definition) is 2. The van der Waals surface area contributed by atoms with Crippen LogP contribution >= 0.6 is 11.6 Å². The number of halogens is 1. The van der Waals surface area contributed by atoms with Gasteiger partial charge in [-0.1, -0.05) is 11.6 Å². The van der Waals surface area contributed by atoms with Gasteiger partial charge in [0, 0.05) is 0 Å². The first-order valence-electron chi connectivity index (χ1n) is 3.05. The van der Waals surface area contributed by atoms with E-state index < -0.39 is 0 Å². The van der Waals surface area contributed by atoms with Crippen LogP contribution < -0.4 is 0 Å². The lowest BCUT2D eigenvalue weighted by atomic mass is 10.4. The minimum atomic E-state index is 0.0386. The Morgan fingerprint density at radius 2 is 2.30 bits per heavy atom. The molecular weight excluding hydrogens is 152 g/mol. The lowest BCUT2D eigenvalue weighted by Gasteiger charge is -2.05. The van der Waals surface area contributed by atoms with E-state index in [2.05, 4.69) is 5.10 Å². The van der Waals surface area contributed by atoms with Gasteiger partial charge in [0.1, 0.15) is 5.02 Å². The molecule has 1 aromatic heterocycles. The van der Waals surface area contributed by atoms with Crippen molar-refractivity contribution in [2.24, 2.45) is 0 Å². The Balaban J connectivity index is 3.05. The summed E-state index contributed by atoms with van der Waals surface area (Å²) in [5.41, 5.74) is 0. The zero-order valence-electron chi connectivity index (χ0n) is 5.87. The second kappa shape index (κ2) is 2.50. The lowest BCUT2D eigenvalue weighted by Crippen LogP contribution is -2.00. The molecule has 0 saturated heterocycles. The van der Waals surface area contributed by atoms with Crippen LogP contribution in [0.1, 0.15) is 19.9 Å². The van der Waals surface area contributed by atoms with Gasteiger partial charge in [-0.15, -0.1) is 0 Å². The third-order valence-electron chi connectivity index (χ3n) is 1.22. The van der Waals surface area contributed by atoms with Crippen molar-refractivity contribution >= 4 is 11.6 Å². The fourth-order valence-corrected chi connectivity index (χ4v) is 0.843. The first-order chi connectivity index (χ1) is 4.63. The van der Waals surface area contributed by atoms with Crippen LogP contribution in [0.25, 0.3) is 0 Å². The van der Waals surface area contributed by atoms with Crippen LogP contribution in [-0.4, -0.2) is 14.9 Å². The van der Waals surface area contributed by atoms with Gasteiger partial charge in [-0.3, -0.25) is 0 Å². The molecule has 0 saturated carbocycles. The molecule has 1 heterocycles. The van der Waals surface area contributed by atoms with Gasteiger partial charge in [0.25, 0.3) is 0 Å². The molecule has 56 valence electrons. The SMILES string of the molecule is CC(C)n1ncc(Cl)c1O. The Kier molecular flexibility index (Phi) is 1.85. The molecule has 0 aromatic carbocycles. The maximum absolute atomic E-state index is 9.18. The molecule has 1 rings (SSSR count). The van der Waals surface area contributed by atoms with Crippen LogP contribution in [0.2, 0.25) is 5.02 Å². The Morgan fingerprint density at radius 1 is 1.70 bits per heavy atom. The largest absolute Gasteiger partial charge is 0.492 e. The fraction of sp³-hybridized carbons (Fsp3) is 0.500. The monoisotopic (exact) mass is 160 g/mol. The highest BCUT2D eigenvalue weighted by atomic mass is 35.5. The fourth-order valence-electron chi connectivity index (χ4n) is 0.713. The first-order valence-corrected chi connectivity index (χ1v) is 3.42. The van der Waals surface area contributed by atoms with Crippen molar-refractivity contribution in [3.63, 3.8) is 0 Å². The van der Waals surface area contributed by atoms with Crippen LogP contribution in [0, 0.1) is 0 Å². The zero-order valence-corrected chi connectivity index (χ0v) is 6.63. The van der Waals surface area contributed by atoms with Gasteiger partial charge in [-0.05, 0) is 13.8 Å². The van der Waals surface area contributed by atoms with Crippen molar-refractivity contribution in [3.8, 4) is 5.88 Å². The van der Waals surface area contributed by atoms with Crippen molar-refractivity contribution in [3.05, 3.63) is 11.2 Å². The van der Waals surface area contributed by atoms with Crippen molar-refractivity contribution in [1.29, 1.82) is 0 Å².